The van der Waals surface area contributed by atoms with Crippen LogP contribution in [-0.2, 0) is 4.74 Å². The Hall–Kier alpha value is -2.15. The van der Waals surface area contributed by atoms with E-state index in [1.807, 2.05) is 4.90 Å². The predicted octanol–water partition coefficient (Wildman–Crippen LogP) is 2.11. The summed E-state index contributed by atoms with van der Waals surface area (Å²) in [5.74, 6) is 1.51. The van der Waals surface area contributed by atoms with Gasteiger partial charge in [-0.15, -0.1) is 0 Å². The predicted molar refractivity (Wildman–Crippen MR) is 84.6 cm³/mol. The summed E-state index contributed by atoms with van der Waals surface area (Å²) < 4.78 is 21.4. The first-order chi connectivity index (χ1) is 11.2. The van der Waals surface area contributed by atoms with Crippen LogP contribution >= 0.6 is 0 Å². The lowest BCUT2D eigenvalue weighted by atomic mass is 10.2. The molecule has 2 atom stereocenters. The van der Waals surface area contributed by atoms with E-state index in [-0.39, 0.29) is 18.1 Å². The summed E-state index contributed by atoms with van der Waals surface area (Å²) in [6.07, 6.45) is 1.99. The van der Waals surface area contributed by atoms with Crippen molar-refractivity contribution in [2.24, 2.45) is 0 Å². The van der Waals surface area contributed by atoms with Crippen LogP contribution in [0.3, 0.4) is 0 Å². The number of rotatable bonds is 4. The fourth-order valence-corrected chi connectivity index (χ4v) is 3.30. The molecule has 7 nitrogen and oxygen atoms in total. The monoisotopic (exact) mass is 322 g/mol. The van der Waals surface area contributed by atoms with E-state index in [2.05, 4.69) is 5.32 Å². The zero-order valence-electron chi connectivity index (χ0n) is 13.6. The molecule has 1 aromatic rings. The molecule has 126 valence electrons. The number of nitrogens with one attached hydrogen (secondary N) is 1. The number of urea groups is 1. The summed E-state index contributed by atoms with van der Waals surface area (Å²) in [7, 11) is 4.64. The first-order valence-corrected chi connectivity index (χ1v) is 7.65. The normalized spacial score (nSPS) is 22.7. The second kappa shape index (κ2) is 6.54. The van der Waals surface area contributed by atoms with Crippen molar-refractivity contribution >= 4 is 11.7 Å². The van der Waals surface area contributed by atoms with Crippen molar-refractivity contribution in [3.8, 4) is 17.2 Å². The summed E-state index contributed by atoms with van der Waals surface area (Å²) in [5.41, 5.74) is 0.607. The van der Waals surface area contributed by atoms with E-state index in [0.29, 0.717) is 36.1 Å². The largest absolute Gasteiger partial charge is 0.493 e. The summed E-state index contributed by atoms with van der Waals surface area (Å²) in [4.78, 5) is 14.5. The van der Waals surface area contributed by atoms with Gasteiger partial charge in [-0.2, -0.15) is 0 Å². The molecule has 2 bridgehead atoms. The summed E-state index contributed by atoms with van der Waals surface area (Å²) in [6, 6.07) is 3.66. The lowest BCUT2D eigenvalue weighted by Gasteiger charge is -2.34. The Morgan fingerprint density at radius 1 is 1.09 bits per heavy atom. The summed E-state index contributed by atoms with van der Waals surface area (Å²) in [5, 5.41) is 2.93. The van der Waals surface area contributed by atoms with Gasteiger partial charge in [-0.25, -0.2) is 4.79 Å². The zero-order valence-corrected chi connectivity index (χ0v) is 13.6. The Morgan fingerprint density at radius 2 is 1.65 bits per heavy atom. The van der Waals surface area contributed by atoms with E-state index in [1.165, 1.54) is 0 Å². The lowest BCUT2D eigenvalue weighted by Crippen LogP contribution is -2.50. The first-order valence-electron chi connectivity index (χ1n) is 7.65. The molecular weight excluding hydrogens is 300 g/mol. The number of carbonyl (C=O) groups excluding carboxylic acids is 1. The summed E-state index contributed by atoms with van der Waals surface area (Å²) in [6.45, 7) is 1.22. The van der Waals surface area contributed by atoms with Crippen LogP contribution in [0.1, 0.15) is 12.8 Å². The third-order valence-electron chi connectivity index (χ3n) is 4.39. The molecule has 2 unspecified atom stereocenters. The standard InChI is InChI=1S/C16H22N2O5/c1-20-13-6-10(7-14(21-2)15(13)22-3)17-16(19)18-11-4-5-12(18)9-23-8-11/h6-7,11-12H,4-5,8-9H2,1-3H3,(H,17,19). The Balaban J connectivity index is 1.81. The Labute approximate surface area is 135 Å². The van der Waals surface area contributed by atoms with Gasteiger partial charge in [-0.1, -0.05) is 0 Å². The second-order valence-corrected chi connectivity index (χ2v) is 5.67. The van der Waals surface area contributed by atoms with Gasteiger partial charge in [0, 0.05) is 12.1 Å². The maximum absolute atomic E-state index is 12.6. The van der Waals surface area contributed by atoms with Crippen molar-refractivity contribution in [1.29, 1.82) is 0 Å². The van der Waals surface area contributed by atoms with Gasteiger partial charge in [0.25, 0.3) is 0 Å². The zero-order chi connectivity index (χ0) is 16.4. The molecule has 3 rings (SSSR count). The van der Waals surface area contributed by atoms with Gasteiger partial charge in [-0.05, 0) is 12.8 Å². The van der Waals surface area contributed by atoms with E-state index in [9.17, 15) is 4.79 Å². The lowest BCUT2D eigenvalue weighted by molar-refractivity contribution is 0.00949. The highest BCUT2D eigenvalue weighted by atomic mass is 16.5. The molecule has 0 spiro atoms. The number of carbonyl (C=O) groups is 1. The number of morpholine rings is 1. The van der Waals surface area contributed by atoms with Crippen LogP contribution in [0.15, 0.2) is 12.1 Å². The van der Waals surface area contributed by atoms with Gasteiger partial charge in [0.1, 0.15) is 0 Å². The van der Waals surface area contributed by atoms with Crippen molar-refractivity contribution in [3.05, 3.63) is 12.1 Å². The number of amides is 2. The van der Waals surface area contributed by atoms with Crippen molar-refractivity contribution in [2.75, 3.05) is 39.9 Å². The number of methoxy groups -OCH3 is 3. The molecule has 2 heterocycles. The summed E-state index contributed by atoms with van der Waals surface area (Å²) >= 11 is 0. The molecule has 1 aromatic carbocycles. The highest BCUT2D eigenvalue weighted by molar-refractivity contribution is 5.91. The average Bonchev–Trinajstić information content (AvgIpc) is 2.83. The molecular formula is C16H22N2O5. The first kappa shape index (κ1) is 15.7. The third kappa shape index (κ3) is 2.88. The van der Waals surface area contributed by atoms with E-state index < -0.39 is 0 Å². The highest BCUT2D eigenvalue weighted by Crippen LogP contribution is 2.40. The molecule has 23 heavy (non-hydrogen) atoms. The Bertz CT molecular complexity index is 551. The van der Waals surface area contributed by atoms with Crippen LogP contribution in [0, 0.1) is 0 Å². The maximum Gasteiger partial charge on any atom is 0.322 e. The molecule has 0 saturated carbocycles. The molecule has 2 aliphatic heterocycles. The van der Waals surface area contributed by atoms with Crippen molar-refractivity contribution in [1.82, 2.24) is 4.90 Å². The van der Waals surface area contributed by atoms with Crippen molar-refractivity contribution in [2.45, 2.75) is 24.9 Å². The minimum Gasteiger partial charge on any atom is -0.493 e. The van der Waals surface area contributed by atoms with Crippen LogP contribution in [0.25, 0.3) is 0 Å². The fourth-order valence-electron chi connectivity index (χ4n) is 3.30. The van der Waals surface area contributed by atoms with Gasteiger partial charge in [-0.3, -0.25) is 0 Å². The van der Waals surface area contributed by atoms with Gasteiger partial charge in [0.05, 0.1) is 52.3 Å². The number of nitrogens with zero attached hydrogens (tertiary/aromatic N) is 1. The molecule has 2 amide bonds. The van der Waals surface area contributed by atoms with Crippen LogP contribution < -0.4 is 19.5 Å². The number of ether oxygens (including phenoxy) is 4. The molecule has 0 aromatic heterocycles. The van der Waals surface area contributed by atoms with Gasteiger partial charge >= 0.3 is 6.03 Å². The van der Waals surface area contributed by atoms with E-state index >= 15 is 0 Å². The van der Waals surface area contributed by atoms with Crippen LogP contribution in [0.5, 0.6) is 17.2 Å². The quantitative estimate of drug-likeness (QED) is 0.919. The molecule has 0 aliphatic carbocycles. The number of hydrogen-bond acceptors (Lipinski definition) is 5. The van der Waals surface area contributed by atoms with E-state index in [4.69, 9.17) is 18.9 Å². The smallest absolute Gasteiger partial charge is 0.322 e. The second-order valence-electron chi connectivity index (χ2n) is 5.67. The minimum atomic E-state index is -0.116. The van der Waals surface area contributed by atoms with Gasteiger partial charge in [0.2, 0.25) is 5.75 Å². The fraction of sp³-hybridized carbons (Fsp3) is 0.562. The van der Waals surface area contributed by atoms with Crippen LogP contribution in [0.2, 0.25) is 0 Å². The molecule has 2 saturated heterocycles. The maximum atomic E-state index is 12.6. The highest BCUT2D eigenvalue weighted by Gasteiger charge is 2.40. The van der Waals surface area contributed by atoms with E-state index in [0.717, 1.165) is 12.8 Å². The van der Waals surface area contributed by atoms with Crippen molar-refractivity contribution < 1.29 is 23.7 Å². The Morgan fingerprint density at radius 3 is 2.13 bits per heavy atom. The third-order valence-corrected chi connectivity index (χ3v) is 4.39. The van der Waals surface area contributed by atoms with Crippen molar-refractivity contribution in [3.63, 3.8) is 0 Å². The average molecular weight is 322 g/mol. The van der Waals surface area contributed by atoms with Gasteiger partial charge in [0.15, 0.2) is 11.5 Å². The molecule has 0 radical (unpaired) electrons. The molecule has 2 fully saturated rings. The van der Waals surface area contributed by atoms with Gasteiger partial charge < -0.3 is 29.2 Å². The topological polar surface area (TPSA) is 69.3 Å². The SMILES string of the molecule is COc1cc(NC(=O)N2C3CCC2COC3)cc(OC)c1OC. The number of fused-ring (bicyclic) bond motifs is 2. The molecule has 1 N–H and O–H groups in total. The molecule has 7 heteroatoms. The number of hydrogen-bond donors (Lipinski definition) is 1. The minimum absolute atomic E-state index is 0.116. The van der Waals surface area contributed by atoms with Crippen LogP contribution in [-0.4, -0.2) is 57.6 Å². The van der Waals surface area contributed by atoms with Crippen LogP contribution in [0.4, 0.5) is 10.5 Å². The van der Waals surface area contributed by atoms with E-state index in [1.54, 1.807) is 33.5 Å². The molecule has 2 aliphatic rings. The number of benzene rings is 1. The number of anilines is 1. The Kier molecular flexibility index (Phi) is 4.47.